The lowest BCUT2D eigenvalue weighted by atomic mass is 9.83. The van der Waals surface area contributed by atoms with Gasteiger partial charge in [0.15, 0.2) is 0 Å². The first-order chi connectivity index (χ1) is 19.1. The Hall–Kier alpha value is -1.81. The summed E-state index contributed by atoms with van der Waals surface area (Å²) in [4.78, 5) is 47.1. The van der Waals surface area contributed by atoms with Crippen molar-refractivity contribution in [3.05, 3.63) is 0 Å². The van der Waals surface area contributed by atoms with Gasteiger partial charge in [-0.2, -0.15) is 11.8 Å². The molecule has 0 aromatic carbocycles. The van der Waals surface area contributed by atoms with Crippen molar-refractivity contribution in [2.45, 2.75) is 117 Å². The van der Waals surface area contributed by atoms with E-state index in [4.69, 9.17) is 24.1 Å². The van der Waals surface area contributed by atoms with E-state index >= 15 is 0 Å². The maximum atomic E-state index is 12.6. The van der Waals surface area contributed by atoms with Gasteiger partial charge in [-0.15, -0.1) is 0 Å². The molecule has 0 radical (unpaired) electrons. The molecular weight excluding hydrogens is 536 g/mol. The first kappa shape index (κ1) is 38.2. The lowest BCUT2D eigenvalue weighted by Crippen LogP contribution is -2.36. The fraction of sp³-hybridized carbons (Fsp3) is 0.867. The minimum atomic E-state index is -1.06. The summed E-state index contributed by atoms with van der Waals surface area (Å²) in [6.45, 7) is 7.72. The predicted molar refractivity (Wildman–Crippen MR) is 157 cm³/mol. The van der Waals surface area contributed by atoms with Crippen molar-refractivity contribution in [3.63, 3.8) is 0 Å². The molecule has 0 aromatic rings. The van der Waals surface area contributed by atoms with Crippen LogP contribution in [0.3, 0.4) is 0 Å². The van der Waals surface area contributed by atoms with E-state index in [9.17, 15) is 19.2 Å². The van der Waals surface area contributed by atoms with Crippen LogP contribution in [0.1, 0.15) is 111 Å². The van der Waals surface area contributed by atoms with Gasteiger partial charge in [-0.05, 0) is 32.4 Å². The van der Waals surface area contributed by atoms with Crippen LogP contribution in [-0.4, -0.2) is 73.5 Å². The molecule has 0 aromatic heterocycles. The summed E-state index contributed by atoms with van der Waals surface area (Å²) in [6.07, 6.45) is 12.2. The molecule has 10 heteroatoms. The highest BCUT2D eigenvalue weighted by Gasteiger charge is 2.38. The molecule has 0 aliphatic heterocycles. The van der Waals surface area contributed by atoms with Crippen molar-refractivity contribution in [2.75, 3.05) is 38.4 Å². The van der Waals surface area contributed by atoms with Crippen molar-refractivity contribution in [1.82, 2.24) is 0 Å². The number of aliphatic carboxylic acids is 1. The molecule has 0 saturated carbocycles. The average molecular weight is 591 g/mol. The number of hydrogen-bond acceptors (Lipinski definition) is 9. The smallest absolute Gasteiger partial charge is 0.312 e. The molecule has 3 unspecified atom stereocenters. The Kier molecular flexibility index (Phi) is 22.8. The fourth-order valence-electron chi connectivity index (χ4n) is 4.31. The molecule has 0 heterocycles. The molecule has 40 heavy (non-hydrogen) atoms. The molecule has 1 N–H and O–H groups in total. The molecule has 0 rings (SSSR count). The van der Waals surface area contributed by atoms with E-state index in [1.54, 1.807) is 25.6 Å². The molecule has 0 bridgehead atoms. The first-order valence-corrected chi connectivity index (χ1v) is 16.0. The van der Waals surface area contributed by atoms with E-state index in [1.165, 1.54) is 64.9 Å². The zero-order valence-corrected chi connectivity index (χ0v) is 26.3. The van der Waals surface area contributed by atoms with Crippen LogP contribution < -0.4 is 0 Å². The normalized spacial score (nSPS) is 14.1. The number of esters is 3. The number of carbonyl (C=O) groups is 4. The van der Waals surface area contributed by atoms with Gasteiger partial charge in [0.1, 0.15) is 12.7 Å². The summed E-state index contributed by atoms with van der Waals surface area (Å²) < 4.78 is 20.8. The molecule has 0 aliphatic carbocycles. The van der Waals surface area contributed by atoms with Crippen LogP contribution in [0.15, 0.2) is 0 Å². The largest absolute Gasteiger partial charge is 0.481 e. The summed E-state index contributed by atoms with van der Waals surface area (Å²) in [5.41, 5.74) is -0.785. The number of rotatable bonds is 26. The number of carboxylic acids is 1. The van der Waals surface area contributed by atoms with Gasteiger partial charge in [-0.3, -0.25) is 19.2 Å². The summed E-state index contributed by atoms with van der Waals surface area (Å²) >= 11 is 1.73. The summed E-state index contributed by atoms with van der Waals surface area (Å²) in [5.74, 6) is -1.32. The van der Waals surface area contributed by atoms with E-state index < -0.39 is 35.3 Å². The van der Waals surface area contributed by atoms with Crippen LogP contribution in [0.4, 0.5) is 0 Å². The third-order valence-corrected chi connectivity index (χ3v) is 8.02. The predicted octanol–water partition coefficient (Wildman–Crippen LogP) is 6.20. The molecule has 0 fully saturated rings. The van der Waals surface area contributed by atoms with Gasteiger partial charge in [-0.25, -0.2) is 0 Å². The van der Waals surface area contributed by atoms with Gasteiger partial charge in [0.2, 0.25) is 0 Å². The van der Waals surface area contributed by atoms with Crippen molar-refractivity contribution in [3.8, 4) is 0 Å². The van der Waals surface area contributed by atoms with E-state index in [1.807, 2.05) is 6.92 Å². The van der Waals surface area contributed by atoms with E-state index in [2.05, 4.69) is 6.92 Å². The number of ether oxygens (including phenoxy) is 4. The van der Waals surface area contributed by atoms with E-state index in [0.29, 0.717) is 12.2 Å². The first-order valence-electron chi connectivity index (χ1n) is 14.9. The lowest BCUT2D eigenvalue weighted by Gasteiger charge is -2.28. The minimum absolute atomic E-state index is 0.0330. The van der Waals surface area contributed by atoms with Gasteiger partial charge in [0.25, 0.3) is 0 Å². The van der Waals surface area contributed by atoms with E-state index in [0.717, 1.165) is 12.2 Å². The topological polar surface area (TPSA) is 125 Å². The number of hydrogen-bond donors (Lipinski definition) is 1. The van der Waals surface area contributed by atoms with Crippen LogP contribution in [0.25, 0.3) is 0 Å². The van der Waals surface area contributed by atoms with Crippen molar-refractivity contribution < 1.29 is 43.2 Å². The molecule has 3 atom stereocenters. The lowest BCUT2D eigenvalue weighted by molar-refractivity contribution is -0.156. The third kappa shape index (κ3) is 20.1. The number of thioether (sulfide) groups is 1. The Morgan fingerprint density at radius 2 is 1.48 bits per heavy atom. The molecular formula is C30H54O9S. The molecule has 9 nitrogen and oxygen atoms in total. The van der Waals surface area contributed by atoms with Crippen LogP contribution in [0.2, 0.25) is 0 Å². The second-order valence-corrected chi connectivity index (χ2v) is 11.9. The number of carbonyl (C=O) groups excluding carboxylic acids is 3. The Bertz CT molecular complexity index is 715. The second kappa shape index (κ2) is 23.9. The van der Waals surface area contributed by atoms with Gasteiger partial charge in [0, 0.05) is 5.75 Å². The minimum Gasteiger partial charge on any atom is -0.481 e. The number of carboxylic acid groups (broad SMARTS) is 1. The highest BCUT2D eigenvalue weighted by atomic mass is 32.2. The highest BCUT2D eigenvalue weighted by molar-refractivity contribution is 7.99. The zero-order valence-electron chi connectivity index (χ0n) is 25.5. The third-order valence-electron chi connectivity index (χ3n) is 6.60. The van der Waals surface area contributed by atoms with Gasteiger partial charge >= 0.3 is 23.9 Å². The Balaban J connectivity index is 4.20. The molecule has 234 valence electrons. The monoisotopic (exact) mass is 590 g/mol. The highest BCUT2D eigenvalue weighted by Crippen LogP contribution is 2.33. The molecule has 0 amide bonds. The molecule has 0 saturated heterocycles. The number of methoxy groups -OCH3 is 1. The summed E-state index contributed by atoms with van der Waals surface area (Å²) in [5, 5.41) is 8.60. The van der Waals surface area contributed by atoms with Crippen LogP contribution in [0, 0.1) is 11.3 Å². The number of unbranched alkanes of at least 4 members (excludes halogenated alkanes) is 9. The van der Waals surface area contributed by atoms with Crippen LogP contribution in [0.5, 0.6) is 0 Å². The Morgan fingerprint density at radius 1 is 0.875 bits per heavy atom. The Labute approximate surface area is 245 Å². The summed E-state index contributed by atoms with van der Waals surface area (Å²) in [6, 6.07) is 0. The van der Waals surface area contributed by atoms with E-state index in [-0.39, 0.29) is 38.6 Å². The maximum absolute atomic E-state index is 12.6. The maximum Gasteiger partial charge on any atom is 0.312 e. The van der Waals surface area contributed by atoms with Crippen molar-refractivity contribution in [1.29, 1.82) is 0 Å². The van der Waals surface area contributed by atoms with Gasteiger partial charge in [-0.1, -0.05) is 71.6 Å². The average Bonchev–Trinajstić information content (AvgIpc) is 2.91. The van der Waals surface area contributed by atoms with Crippen molar-refractivity contribution in [2.24, 2.45) is 11.3 Å². The van der Waals surface area contributed by atoms with Gasteiger partial charge in [0.05, 0.1) is 44.5 Å². The van der Waals surface area contributed by atoms with Crippen LogP contribution in [-0.2, 0) is 38.1 Å². The van der Waals surface area contributed by atoms with Crippen LogP contribution >= 0.6 is 11.8 Å². The SMILES string of the molecule is CCCCCCCCCCCCSCC(C)(CC(C)C(=O)OCCOCC(C)OC(=O)CCC(=O)O)C(=O)OC. The van der Waals surface area contributed by atoms with Gasteiger partial charge < -0.3 is 24.1 Å². The second-order valence-electron chi connectivity index (χ2n) is 10.8. The summed E-state index contributed by atoms with van der Waals surface area (Å²) in [7, 11) is 1.37. The Morgan fingerprint density at radius 3 is 2.05 bits per heavy atom. The van der Waals surface area contributed by atoms with Crippen molar-refractivity contribution >= 4 is 35.6 Å². The fourth-order valence-corrected chi connectivity index (χ4v) is 5.55. The molecule has 0 aliphatic rings. The standard InChI is InChI=1S/C30H54O9S/c1-6-7-8-9-10-11-12-13-14-15-20-40-23-30(4,29(35)36-5)21-24(2)28(34)38-19-18-37-22-25(3)39-27(33)17-16-26(31)32/h24-25H,6-23H2,1-5H3,(H,31,32). The quantitative estimate of drug-likeness (QED) is 0.0707. The zero-order chi connectivity index (χ0) is 30.2. The molecule has 0 spiro atoms.